The van der Waals surface area contributed by atoms with Crippen LogP contribution in [0, 0.1) is 0 Å². The van der Waals surface area contributed by atoms with E-state index in [2.05, 4.69) is 28.2 Å². The molecule has 136 valence electrons. The van der Waals surface area contributed by atoms with Crippen LogP contribution in [0.4, 0.5) is 0 Å². The van der Waals surface area contributed by atoms with Gasteiger partial charge in [-0.2, -0.15) is 0 Å². The number of furan rings is 1. The number of rotatable bonds is 7. The fourth-order valence-corrected chi connectivity index (χ4v) is 3.16. The molecule has 1 fully saturated rings. The molecule has 1 aliphatic rings. The summed E-state index contributed by atoms with van der Waals surface area (Å²) < 4.78 is 12.4. The summed E-state index contributed by atoms with van der Waals surface area (Å²) in [5, 5.41) is 3.40. The molecular formula is C19H19BrN2O3S. The highest BCUT2D eigenvalue weighted by atomic mass is 79.9. The van der Waals surface area contributed by atoms with Crippen LogP contribution in [0.3, 0.4) is 0 Å². The summed E-state index contributed by atoms with van der Waals surface area (Å²) in [7, 11) is 0. The fraction of sp³-hybridized carbons (Fsp3) is 0.263. The summed E-state index contributed by atoms with van der Waals surface area (Å²) in [5.74, 6) is 1.88. The van der Waals surface area contributed by atoms with E-state index < -0.39 is 0 Å². The second-order valence-corrected chi connectivity index (χ2v) is 7.15. The van der Waals surface area contributed by atoms with Gasteiger partial charge in [-0.25, -0.2) is 0 Å². The van der Waals surface area contributed by atoms with Gasteiger partial charge in [0.1, 0.15) is 29.6 Å². The van der Waals surface area contributed by atoms with Gasteiger partial charge in [-0.05, 0) is 49.0 Å². The summed E-state index contributed by atoms with van der Waals surface area (Å²) in [6.07, 6.45) is 3.59. The number of halogens is 1. The molecule has 0 aliphatic carbocycles. The third-order valence-corrected chi connectivity index (χ3v) is 4.66. The normalized spacial score (nSPS) is 15.6. The lowest BCUT2D eigenvalue weighted by atomic mass is 10.3. The maximum absolute atomic E-state index is 12.4. The van der Waals surface area contributed by atoms with Crippen molar-refractivity contribution in [2.75, 3.05) is 6.54 Å². The summed E-state index contributed by atoms with van der Waals surface area (Å²) in [6.45, 7) is 3.01. The van der Waals surface area contributed by atoms with Crippen LogP contribution in [-0.2, 0) is 11.4 Å². The maximum Gasteiger partial charge on any atom is 0.276 e. The maximum atomic E-state index is 12.4. The van der Waals surface area contributed by atoms with Crippen LogP contribution in [0.5, 0.6) is 5.75 Å². The Labute approximate surface area is 166 Å². The molecule has 3 rings (SSSR count). The van der Waals surface area contributed by atoms with E-state index in [1.807, 2.05) is 30.3 Å². The molecule has 0 bridgehead atoms. The monoisotopic (exact) mass is 434 g/mol. The zero-order valence-electron chi connectivity index (χ0n) is 14.3. The zero-order valence-corrected chi connectivity index (χ0v) is 16.7. The minimum absolute atomic E-state index is 0.119. The molecule has 1 amide bonds. The molecule has 0 saturated carbocycles. The number of hydrogen-bond acceptors (Lipinski definition) is 4. The first-order valence-electron chi connectivity index (χ1n) is 8.38. The minimum atomic E-state index is -0.119. The smallest absolute Gasteiger partial charge is 0.276 e. The Hall–Kier alpha value is -2.12. The van der Waals surface area contributed by atoms with Crippen molar-refractivity contribution in [3.8, 4) is 5.75 Å². The van der Waals surface area contributed by atoms with Crippen molar-refractivity contribution >= 4 is 45.2 Å². The highest BCUT2D eigenvalue weighted by Gasteiger charge is 2.30. The van der Waals surface area contributed by atoms with E-state index in [1.165, 1.54) is 0 Å². The van der Waals surface area contributed by atoms with Crippen molar-refractivity contribution in [3.63, 3.8) is 0 Å². The quantitative estimate of drug-likeness (QED) is 0.514. The van der Waals surface area contributed by atoms with E-state index in [9.17, 15) is 4.79 Å². The number of nitrogens with zero attached hydrogens (tertiary/aromatic N) is 1. The van der Waals surface area contributed by atoms with Crippen LogP contribution in [0.2, 0.25) is 0 Å². The number of amides is 1. The molecule has 1 aromatic carbocycles. The van der Waals surface area contributed by atoms with E-state index in [0.29, 0.717) is 35.5 Å². The molecule has 5 nitrogen and oxygen atoms in total. The molecule has 26 heavy (non-hydrogen) atoms. The Morgan fingerprint density at radius 3 is 2.96 bits per heavy atom. The van der Waals surface area contributed by atoms with Gasteiger partial charge < -0.3 is 14.5 Å². The predicted molar refractivity (Wildman–Crippen MR) is 108 cm³/mol. The fourth-order valence-electron chi connectivity index (χ4n) is 2.49. The molecular weight excluding hydrogens is 416 g/mol. The van der Waals surface area contributed by atoms with E-state index in [4.69, 9.17) is 21.4 Å². The van der Waals surface area contributed by atoms with Crippen LogP contribution >= 0.6 is 28.1 Å². The molecule has 7 heteroatoms. The van der Waals surface area contributed by atoms with E-state index in [-0.39, 0.29) is 5.91 Å². The number of ether oxygens (including phenoxy) is 1. The Balaban J connectivity index is 1.63. The third-order valence-electron chi connectivity index (χ3n) is 3.84. The first-order valence-corrected chi connectivity index (χ1v) is 9.58. The van der Waals surface area contributed by atoms with Crippen molar-refractivity contribution in [1.82, 2.24) is 10.2 Å². The number of nitrogens with one attached hydrogen (secondary N) is 1. The van der Waals surface area contributed by atoms with E-state index in [1.54, 1.807) is 17.0 Å². The van der Waals surface area contributed by atoms with Gasteiger partial charge in [0.05, 0.1) is 0 Å². The summed E-state index contributed by atoms with van der Waals surface area (Å²) in [5.41, 5.74) is 0.430. The second-order valence-electron chi connectivity index (χ2n) is 5.85. The lowest BCUT2D eigenvalue weighted by Gasteiger charge is -2.12. The van der Waals surface area contributed by atoms with Gasteiger partial charge in [-0.15, -0.1) is 0 Å². The van der Waals surface area contributed by atoms with Gasteiger partial charge in [0.25, 0.3) is 5.91 Å². The van der Waals surface area contributed by atoms with Crippen LogP contribution in [0.1, 0.15) is 31.3 Å². The second kappa shape index (κ2) is 8.51. The number of carbonyl (C=O) groups is 1. The number of thiocarbonyl (C=S) groups is 1. The highest BCUT2D eigenvalue weighted by Crippen LogP contribution is 2.21. The standard InChI is InChI=1S/C19H19BrN2O3S/c1-2-3-9-22-18(23)17(21-19(22)26)11-15-7-8-16(25-15)12-24-14-6-4-5-13(20)10-14/h4-8,10-11H,2-3,9,12H2,1H3,(H,21,26)/b17-11+. The first-order chi connectivity index (χ1) is 12.6. The van der Waals surface area contributed by atoms with E-state index in [0.717, 1.165) is 23.1 Å². The number of carbonyl (C=O) groups excluding carboxylic acids is 1. The average Bonchev–Trinajstić information content (AvgIpc) is 3.17. The lowest BCUT2D eigenvalue weighted by molar-refractivity contribution is -0.122. The molecule has 2 heterocycles. The summed E-state index contributed by atoms with van der Waals surface area (Å²) in [4.78, 5) is 14.0. The Bertz CT molecular complexity index is 847. The van der Waals surface area contributed by atoms with Gasteiger partial charge in [-0.3, -0.25) is 9.69 Å². The molecule has 1 aromatic heterocycles. The molecule has 1 aliphatic heterocycles. The molecule has 2 aromatic rings. The van der Waals surface area contributed by atoms with Crippen molar-refractivity contribution in [1.29, 1.82) is 0 Å². The molecule has 0 spiro atoms. The Morgan fingerprint density at radius 2 is 2.19 bits per heavy atom. The topological polar surface area (TPSA) is 54.7 Å². The van der Waals surface area contributed by atoms with Gasteiger partial charge in [0, 0.05) is 17.1 Å². The van der Waals surface area contributed by atoms with Gasteiger partial charge in [0.15, 0.2) is 5.11 Å². The van der Waals surface area contributed by atoms with Crippen LogP contribution in [-0.4, -0.2) is 22.5 Å². The van der Waals surface area contributed by atoms with E-state index >= 15 is 0 Å². The minimum Gasteiger partial charge on any atom is -0.486 e. The van der Waals surface area contributed by atoms with Gasteiger partial charge in [-0.1, -0.05) is 35.3 Å². The molecule has 1 N–H and O–H groups in total. The van der Waals surface area contributed by atoms with Gasteiger partial charge in [0.2, 0.25) is 0 Å². The SMILES string of the molecule is CCCCN1C(=O)/C(=C\c2ccc(COc3cccc(Br)c3)o2)NC1=S. The molecule has 0 atom stereocenters. The third kappa shape index (κ3) is 4.53. The highest BCUT2D eigenvalue weighted by molar-refractivity contribution is 9.10. The zero-order chi connectivity index (χ0) is 18.5. The Morgan fingerprint density at radius 1 is 1.35 bits per heavy atom. The largest absolute Gasteiger partial charge is 0.486 e. The average molecular weight is 435 g/mol. The molecule has 0 radical (unpaired) electrons. The Kier molecular flexibility index (Phi) is 6.11. The van der Waals surface area contributed by atoms with Gasteiger partial charge >= 0.3 is 0 Å². The van der Waals surface area contributed by atoms with Crippen molar-refractivity contribution in [3.05, 3.63) is 58.1 Å². The molecule has 1 saturated heterocycles. The number of unbranched alkanes of at least 4 members (excludes halogenated alkanes) is 1. The number of benzene rings is 1. The first kappa shape index (κ1) is 18.7. The predicted octanol–water partition coefficient (Wildman–Crippen LogP) is 4.48. The summed E-state index contributed by atoms with van der Waals surface area (Å²) in [6, 6.07) is 11.2. The summed E-state index contributed by atoms with van der Waals surface area (Å²) >= 11 is 8.64. The van der Waals surface area contributed by atoms with Crippen LogP contribution in [0.25, 0.3) is 6.08 Å². The van der Waals surface area contributed by atoms with Crippen molar-refractivity contribution in [2.24, 2.45) is 0 Å². The van der Waals surface area contributed by atoms with Crippen LogP contribution < -0.4 is 10.1 Å². The van der Waals surface area contributed by atoms with Crippen LogP contribution in [0.15, 0.2) is 51.0 Å². The van der Waals surface area contributed by atoms with Crippen molar-refractivity contribution < 1.29 is 13.9 Å². The number of hydrogen-bond donors (Lipinski definition) is 1. The molecule has 0 unspecified atom stereocenters. The van der Waals surface area contributed by atoms with Crippen molar-refractivity contribution in [2.45, 2.75) is 26.4 Å². The lowest BCUT2D eigenvalue weighted by Crippen LogP contribution is -2.31.